The Morgan fingerprint density at radius 3 is 2.67 bits per heavy atom. The van der Waals surface area contributed by atoms with Gasteiger partial charge in [-0.3, -0.25) is 0 Å². The van der Waals surface area contributed by atoms with E-state index in [1.807, 2.05) is 38.6 Å². The van der Waals surface area contributed by atoms with Crippen LogP contribution >= 0.6 is 11.8 Å². The third kappa shape index (κ3) is 2.61. The van der Waals surface area contributed by atoms with Crippen molar-refractivity contribution in [2.45, 2.75) is 30.5 Å². The van der Waals surface area contributed by atoms with Crippen LogP contribution in [0.4, 0.5) is 5.82 Å². The second-order valence-corrected chi connectivity index (χ2v) is 4.79. The van der Waals surface area contributed by atoms with Crippen LogP contribution in [0.15, 0.2) is 16.2 Å². The van der Waals surface area contributed by atoms with Crippen molar-refractivity contribution in [3.8, 4) is 0 Å². The van der Waals surface area contributed by atoms with Crippen molar-refractivity contribution in [2.75, 3.05) is 12.4 Å². The third-order valence-electron chi connectivity index (χ3n) is 2.57. The van der Waals surface area contributed by atoms with E-state index in [-0.39, 0.29) is 0 Å². The molecule has 0 saturated heterocycles. The molecular formula is C11H16N6S. The van der Waals surface area contributed by atoms with E-state index in [9.17, 15) is 0 Å². The van der Waals surface area contributed by atoms with Crippen molar-refractivity contribution in [1.82, 2.24) is 24.7 Å². The summed E-state index contributed by atoms with van der Waals surface area (Å²) in [5.41, 5.74) is 0. The molecular weight excluding hydrogens is 248 g/mol. The highest BCUT2D eigenvalue weighted by Crippen LogP contribution is 2.25. The van der Waals surface area contributed by atoms with Crippen LogP contribution in [-0.4, -0.2) is 31.8 Å². The summed E-state index contributed by atoms with van der Waals surface area (Å²) in [6.07, 6.45) is 0.806. The van der Waals surface area contributed by atoms with Crippen molar-refractivity contribution in [3.63, 3.8) is 0 Å². The molecule has 0 saturated carbocycles. The molecule has 0 spiro atoms. The van der Waals surface area contributed by atoms with Gasteiger partial charge in [0.1, 0.15) is 22.5 Å². The maximum Gasteiger partial charge on any atom is 0.197 e. The molecule has 2 heterocycles. The summed E-state index contributed by atoms with van der Waals surface area (Å²) in [6, 6.07) is 1.91. The summed E-state index contributed by atoms with van der Waals surface area (Å²) in [5, 5.41) is 12.9. The van der Waals surface area contributed by atoms with Crippen LogP contribution < -0.4 is 5.32 Å². The van der Waals surface area contributed by atoms with E-state index < -0.39 is 0 Å². The molecule has 96 valence electrons. The zero-order chi connectivity index (χ0) is 13.1. The zero-order valence-corrected chi connectivity index (χ0v) is 11.7. The molecule has 2 aromatic heterocycles. The zero-order valence-electron chi connectivity index (χ0n) is 10.9. The van der Waals surface area contributed by atoms with Crippen molar-refractivity contribution in [1.29, 1.82) is 0 Å². The molecule has 0 bridgehead atoms. The lowest BCUT2D eigenvalue weighted by Gasteiger charge is -2.06. The van der Waals surface area contributed by atoms with Crippen LogP contribution in [0.3, 0.4) is 0 Å². The first kappa shape index (κ1) is 12.8. The smallest absolute Gasteiger partial charge is 0.197 e. The summed E-state index contributed by atoms with van der Waals surface area (Å²) in [5.74, 6) is 2.53. The molecule has 0 aliphatic heterocycles. The number of hydrogen-bond acceptors (Lipinski definition) is 6. The van der Waals surface area contributed by atoms with Crippen molar-refractivity contribution >= 4 is 17.6 Å². The van der Waals surface area contributed by atoms with Crippen LogP contribution in [0.1, 0.15) is 18.6 Å². The lowest BCUT2D eigenvalue weighted by Crippen LogP contribution is -2.01. The van der Waals surface area contributed by atoms with Gasteiger partial charge in [0, 0.05) is 26.6 Å². The highest BCUT2D eigenvalue weighted by Gasteiger charge is 2.10. The summed E-state index contributed by atoms with van der Waals surface area (Å²) < 4.78 is 1.94. The minimum Gasteiger partial charge on any atom is -0.373 e. The maximum atomic E-state index is 4.48. The molecule has 0 aromatic carbocycles. The summed E-state index contributed by atoms with van der Waals surface area (Å²) in [7, 11) is 3.79. The molecule has 1 N–H and O–H groups in total. The van der Waals surface area contributed by atoms with Crippen LogP contribution in [-0.2, 0) is 13.5 Å². The first-order valence-electron chi connectivity index (χ1n) is 5.73. The average molecular weight is 264 g/mol. The van der Waals surface area contributed by atoms with Crippen molar-refractivity contribution in [2.24, 2.45) is 7.05 Å². The Balaban J connectivity index is 2.31. The quantitative estimate of drug-likeness (QED) is 0.847. The molecule has 0 atom stereocenters. The number of aryl methyl sites for hydroxylation is 2. The Hall–Kier alpha value is -1.63. The number of nitrogens with one attached hydrogen (secondary N) is 1. The molecule has 0 radical (unpaired) electrons. The van der Waals surface area contributed by atoms with Gasteiger partial charge in [-0.25, -0.2) is 9.97 Å². The van der Waals surface area contributed by atoms with Crippen LogP contribution in [0.25, 0.3) is 0 Å². The van der Waals surface area contributed by atoms with E-state index >= 15 is 0 Å². The fraction of sp³-hybridized carbons (Fsp3) is 0.455. The summed E-state index contributed by atoms with van der Waals surface area (Å²) in [6.45, 7) is 3.96. The molecule has 7 heteroatoms. The molecule has 2 rings (SSSR count). The highest BCUT2D eigenvalue weighted by molar-refractivity contribution is 7.99. The summed E-state index contributed by atoms with van der Waals surface area (Å²) >= 11 is 1.49. The molecule has 0 unspecified atom stereocenters. The van der Waals surface area contributed by atoms with E-state index in [4.69, 9.17) is 0 Å². The number of rotatable bonds is 4. The van der Waals surface area contributed by atoms with Gasteiger partial charge in [0.15, 0.2) is 5.16 Å². The molecule has 18 heavy (non-hydrogen) atoms. The van der Waals surface area contributed by atoms with Gasteiger partial charge in [-0.15, -0.1) is 10.2 Å². The predicted molar refractivity (Wildman–Crippen MR) is 70.8 cm³/mol. The fourth-order valence-corrected chi connectivity index (χ4v) is 2.24. The first-order chi connectivity index (χ1) is 8.63. The third-order valence-corrected chi connectivity index (χ3v) is 3.53. The molecule has 0 aliphatic rings. The molecule has 6 nitrogen and oxygen atoms in total. The standard InChI is InChI=1S/C11H16N6S/c1-5-8-13-9(12-3)6-10(14-8)18-11-16-15-7(2)17(11)4/h6H,5H2,1-4H3,(H,12,13,14). The molecule has 0 fully saturated rings. The van der Waals surface area contributed by atoms with E-state index in [2.05, 4.69) is 25.5 Å². The molecule has 2 aromatic rings. The predicted octanol–water partition coefficient (Wildman–Crippen LogP) is 1.67. The van der Waals surface area contributed by atoms with Crippen LogP contribution in [0.2, 0.25) is 0 Å². The Kier molecular flexibility index (Phi) is 3.81. The van der Waals surface area contributed by atoms with Crippen molar-refractivity contribution in [3.05, 3.63) is 17.7 Å². The minimum absolute atomic E-state index is 0.806. The lowest BCUT2D eigenvalue weighted by atomic mass is 10.4. The van der Waals surface area contributed by atoms with Crippen molar-refractivity contribution < 1.29 is 0 Å². The van der Waals surface area contributed by atoms with Gasteiger partial charge in [-0.1, -0.05) is 6.92 Å². The van der Waals surface area contributed by atoms with Gasteiger partial charge < -0.3 is 9.88 Å². The summed E-state index contributed by atoms with van der Waals surface area (Å²) in [4.78, 5) is 8.84. The normalized spacial score (nSPS) is 10.7. The Morgan fingerprint density at radius 2 is 2.11 bits per heavy atom. The second-order valence-electron chi connectivity index (χ2n) is 3.80. The number of anilines is 1. The number of aromatic nitrogens is 5. The Labute approximate surface area is 110 Å². The first-order valence-corrected chi connectivity index (χ1v) is 6.55. The van der Waals surface area contributed by atoms with Crippen LogP contribution in [0.5, 0.6) is 0 Å². The van der Waals surface area contributed by atoms with Crippen LogP contribution in [0, 0.1) is 6.92 Å². The fourth-order valence-electron chi connectivity index (χ4n) is 1.38. The van der Waals surface area contributed by atoms with E-state index in [1.165, 1.54) is 11.8 Å². The topological polar surface area (TPSA) is 68.5 Å². The Morgan fingerprint density at radius 1 is 1.33 bits per heavy atom. The second kappa shape index (κ2) is 5.34. The van der Waals surface area contributed by atoms with Gasteiger partial charge in [0.05, 0.1) is 0 Å². The van der Waals surface area contributed by atoms with E-state index in [0.717, 1.165) is 34.1 Å². The van der Waals surface area contributed by atoms with Gasteiger partial charge in [-0.2, -0.15) is 0 Å². The largest absolute Gasteiger partial charge is 0.373 e. The number of hydrogen-bond donors (Lipinski definition) is 1. The Bertz CT molecular complexity index is 528. The maximum absolute atomic E-state index is 4.48. The molecule has 0 aliphatic carbocycles. The number of nitrogens with zero attached hydrogens (tertiary/aromatic N) is 5. The molecule has 0 amide bonds. The lowest BCUT2D eigenvalue weighted by molar-refractivity contribution is 0.763. The van der Waals surface area contributed by atoms with Gasteiger partial charge in [0.25, 0.3) is 0 Å². The van der Waals surface area contributed by atoms with Gasteiger partial charge in [0.2, 0.25) is 0 Å². The monoisotopic (exact) mass is 264 g/mol. The van der Waals surface area contributed by atoms with Gasteiger partial charge >= 0.3 is 0 Å². The van der Waals surface area contributed by atoms with Gasteiger partial charge in [-0.05, 0) is 18.7 Å². The SMILES string of the molecule is CCc1nc(NC)cc(Sc2nnc(C)n2C)n1. The minimum atomic E-state index is 0.806. The van der Waals surface area contributed by atoms with E-state index in [0.29, 0.717) is 0 Å². The highest BCUT2D eigenvalue weighted by atomic mass is 32.2. The van der Waals surface area contributed by atoms with E-state index in [1.54, 1.807) is 0 Å². The average Bonchev–Trinajstić information content (AvgIpc) is 2.70.